The molecule has 0 aliphatic carbocycles. The number of hydrogen-bond acceptors (Lipinski definition) is 0. The molecule has 0 aliphatic rings. The van der Waals surface area contributed by atoms with E-state index in [0.29, 0.717) is 35.5 Å². The predicted molar refractivity (Wildman–Crippen MR) is 300 cm³/mol. The first-order chi connectivity index (χ1) is 30.7. The van der Waals surface area contributed by atoms with Crippen molar-refractivity contribution in [3.05, 3.63) is 209 Å². The third-order valence-electron chi connectivity index (χ3n) is 12.6. The summed E-state index contributed by atoms with van der Waals surface area (Å²) < 4.78 is 0. The Morgan fingerprint density at radius 3 is 1.11 bits per heavy atom. The molecule has 6 aromatic carbocycles. The molecule has 0 fully saturated rings. The van der Waals surface area contributed by atoms with Gasteiger partial charge in [-0.25, -0.2) is 0 Å². The van der Waals surface area contributed by atoms with Crippen LogP contribution in [0.25, 0.3) is 0 Å². The summed E-state index contributed by atoms with van der Waals surface area (Å²) in [7, 11) is 0. The molecule has 0 nitrogen and oxygen atoms in total. The van der Waals surface area contributed by atoms with Crippen molar-refractivity contribution in [1.82, 2.24) is 0 Å². The van der Waals surface area contributed by atoms with Gasteiger partial charge in [0.2, 0.25) is 0 Å². The van der Waals surface area contributed by atoms with Crippen LogP contribution in [0.3, 0.4) is 0 Å². The van der Waals surface area contributed by atoms with Crippen molar-refractivity contribution in [3.8, 4) is 0 Å². The molecule has 6 aromatic rings. The van der Waals surface area contributed by atoms with Crippen LogP contribution in [0.4, 0.5) is 0 Å². The van der Waals surface area contributed by atoms with Crippen LogP contribution in [0.5, 0.6) is 0 Å². The molecule has 0 radical (unpaired) electrons. The Balaban J connectivity index is 0.000000396. The van der Waals surface area contributed by atoms with Gasteiger partial charge in [0.25, 0.3) is 0 Å². The fraction of sp³-hybridized carbons (Fsp3) is 0.455. The van der Waals surface area contributed by atoms with Crippen molar-refractivity contribution >= 4 is 0 Å². The van der Waals surface area contributed by atoms with E-state index >= 15 is 0 Å². The van der Waals surface area contributed by atoms with E-state index in [4.69, 9.17) is 0 Å². The maximum absolute atomic E-state index is 2.28. The Hall–Kier alpha value is -4.68. The zero-order valence-corrected chi connectivity index (χ0v) is 46.9. The third kappa shape index (κ3) is 20.9. The number of benzene rings is 6. The molecule has 0 heteroatoms. The van der Waals surface area contributed by atoms with Gasteiger partial charge in [0.05, 0.1) is 0 Å². The van der Waals surface area contributed by atoms with Crippen LogP contribution in [-0.2, 0) is 0 Å². The summed E-state index contributed by atoms with van der Waals surface area (Å²) >= 11 is 0. The average molecular weight is 889 g/mol. The van der Waals surface area contributed by atoms with Gasteiger partial charge < -0.3 is 0 Å². The summed E-state index contributed by atoms with van der Waals surface area (Å²) in [5.41, 5.74) is 25.6. The van der Waals surface area contributed by atoms with E-state index in [1.807, 2.05) is 0 Å². The van der Waals surface area contributed by atoms with Crippen LogP contribution in [0.15, 0.2) is 109 Å². The van der Waals surface area contributed by atoms with E-state index in [1.165, 1.54) is 100 Å². The van der Waals surface area contributed by atoms with Crippen molar-refractivity contribution in [2.45, 2.75) is 202 Å². The molecule has 0 bridgehead atoms. The highest BCUT2D eigenvalue weighted by molar-refractivity contribution is 5.37. The highest BCUT2D eigenvalue weighted by atomic mass is 14.1. The summed E-state index contributed by atoms with van der Waals surface area (Å²) in [6.45, 7) is 52.8. The van der Waals surface area contributed by atoms with Crippen molar-refractivity contribution in [2.75, 3.05) is 0 Å². The van der Waals surface area contributed by atoms with Crippen molar-refractivity contribution in [1.29, 1.82) is 0 Å². The fourth-order valence-corrected chi connectivity index (χ4v) is 8.46. The Morgan fingerprint density at radius 2 is 0.697 bits per heavy atom. The van der Waals surface area contributed by atoms with Crippen LogP contribution < -0.4 is 0 Å². The standard InChI is InChI=1S/6C11H16/c1-8(2)11-6-9(3)5-10(4)7-11;1-8(2)11-6-5-9(3)10(4)7-11;1-8(2)11-6-5-9(3)7-10(11)4;1-8(2)11-7-9(3)5-6-10(11)4;1-8(2)11-7-5-6-9(3)10(11)4;1-8(2)11-9(3)6-5-7-10(11)4/h6*5-8H,1-4H3. The van der Waals surface area contributed by atoms with Crippen LogP contribution >= 0.6 is 0 Å². The summed E-state index contributed by atoms with van der Waals surface area (Å²) in [4.78, 5) is 0. The van der Waals surface area contributed by atoms with E-state index in [-0.39, 0.29) is 0 Å². The zero-order chi connectivity index (χ0) is 50.6. The topological polar surface area (TPSA) is 0 Å². The predicted octanol–water partition coefficient (Wildman–Crippen LogP) is 20.6. The van der Waals surface area contributed by atoms with E-state index in [1.54, 1.807) is 0 Å². The minimum Gasteiger partial charge on any atom is -0.0617 e. The lowest BCUT2D eigenvalue weighted by Crippen LogP contribution is -1.94. The number of hydrogen-bond donors (Lipinski definition) is 0. The van der Waals surface area contributed by atoms with Gasteiger partial charge >= 0.3 is 0 Å². The SMILES string of the molecule is Cc1cc(C)cc(C(C)C)c1.Cc1ccc(C(C)C)c(C)c1.Cc1ccc(C(C)C)cc1C.Cc1ccc(C)c(C(C)C)c1.Cc1cccc(C(C)C)c1C.Cc1cccc(C)c1C(C)C. The van der Waals surface area contributed by atoms with Crippen LogP contribution in [0.2, 0.25) is 0 Å². The van der Waals surface area contributed by atoms with Gasteiger partial charge in [0, 0.05) is 0 Å². The molecule has 0 amide bonds. The molecule has 0 N–H and O–H groups in total. The lowest BCUT2D eigenvalue weighted by Gasteiger charge is -2.12. The van der Waals surface area contributed by atoms with Gasteiger partial charge in [-0.1, -0.05) is 215 Å². The summed E-state index contributed by atoms with van der Waals surface area (Å²) in [5.74, 6) is 3.89. The first kappa shape index (κ1) is 59.3. The Labute approximate surface area is 409 Å². The lowest BCUT2D eigenvalue weighted by atomic mass is 9.94. The highest BCUT2D eigenvalue weighted by Crippen LogP contribution is 2.24. The second-order valence-corrected chi connectivity index (χ2v) is 21.0. The molecule has 6 rings (SSSR count). The number of rotatable bonds is 6. The van der Waals surface area contributed by atoms with Crippen molar-refractivity contribution in [2.24, 2.45) is 0 Å². The van der Waals surface area contributed by atoms with E-state index in [0.717, 1.165) is 0 Å². The van der Waals surface area contributed by atoms with Crippen LogP contribution in [-0.4, -0.2) is 0 Å². The average Bonchev–Trinajstić information content (AvgIpc) is 3.21. The van der Waals surface area contributed by atoms with Gasteiger partial charge in [-0.3, -0.25) is 0 Å². The number of aryl methyl sites for hydroxylation is 11. The molecule has 66 heavy (non-hydrogen) atoms. The maximum Gasteiger partial charge on any atom is -0.0214 e. The van der Waals surface area contributed by atoms with E-state index in [9.17, 15) is 0 Å². The van der Waals surface area contributed by atoms with Gasteiger partial charge in [0.15, 0.2) is 0 Å². The molecule has 360 valence electrons. The van der Waals surface area contributed by atoms with E-state index in [2.05, 4.69) is 275 Å². The van der Waals surface area contributed by atoms with Gasteiger partial charge in [-0.05, 0) is 196 Å². The van der Waals surface area contributed by atoms with Crippen LogP contribution in [0.1, 0.15) is 219 Å². The summed E-state index contributed by atoms with van der Waals surface area (Å²) in [5, 5.41) is 0. The van der Waals surface area contributed by atoms with Crippen LogP contribution in [0, 0.1) is 83.1 Å². The smallest absolute Gasteiger partial charge is 0.0214 e. The molecule has 0 aromatic heterocycles. The molecule has 0 heterocycles. The minimum absolute atomic E-state index is 0.647. The first-order valence-electron chi connectivity index (χ1n) is 25.1. The Kier molecular flexibility index (Phi) is 26.2. The van der Waals surface area contributed by atoms with Gasteiger partial charge in [-0.15, -0.1) is 0 Å². The third-order valence-corrected chi connectivity index (χ3v) is 12.6. The monoisotopic (exact) mass is 889 g/mol. The molecule has 0 saturated heterocycles. The summed E-state index contributed by atoms with van der Waals surface area (Å²) in [6, 6.07) is 39.7. The van der Waals surface area contributed by atoms with Gasteiger partial charge in [-0.2, -0.15) is 0 Å². The zero-order valence-electron chi connectivity index (χ0n) is 46.9. The lowest BCUT2D eigenvalue weighted by molar-refractivity contribution is 0.846. The summed E-state index contributed by atoms with van der Waals surface area (Å²) in [6.07, 6.45) is 0. The molecular formula is C66H96. The van der Waals surface area contributed by atoms with Crippen molar-refractivity contribution < 1.29 is 0 Å². The molecule has 0 aliphatic heterocycles. The normalized spacial score (nSPS) is 10.6. The first-order valence-corrected chi connectivity index (χ1v) is 25.1. The molecule has 0 saturated carbocycles. The van der Waals surface area contributed by atoms with E-state index < -0.39 is 0 Å². The fourth-order valence-electron chi connectivity index (χ4n) is 8.46. The quantitative estimate of drug-likeness (QED) is 0.156. The van der Waals surface area contributed by atoms with Gasteiger partial charge in [0.1, 0.15) is 0 Å². The molecule has 0 atom stereocenters. The minimum atomic E-state index is 0.647. The second kappa shape index (κ2) is 29.2. The maximum atomic E-state index is 2.28. The van der Waals surface area contributed by atoms with Crippen molar-refractivity contribution in [3.63, 3.8) is 0 Å². The largest absolute Gasteiger partial charge is 0.0617 e. The second-order valence-electron chi connectivity index (χ2n) is 21.0. The Bertz CT molecular complexity index is 2290. The molecular weight excluding hydrogens is 793 g/mol. The highest BCUT2D eigenvalue weighted by Gasteiger charge is 2.06. The molecule has 0 unspecified atom stereocenters. The Morgan fingerprint density at radius 1 is 0.242 bits per heavy atom. The molecule has 0 spiro atoms.